The summed E-state index contributed by atoms with van der Waals surface area (Å²) < 4.78 is 0. The van der Waals surface area contributed by atoms with Gasteiger partial charge in [0.25, 0.3) is 0 Å². The second kappa shape index (κ2) is 10.1. The monoisotopic (exact) mass is 534 g/mol. The number of hydrogen-bond acceptors (Lipinski definition) is 2. The molecule has 196 valence electrons. The van der Waals surface area contributed by atoms with Crippen LogP contribution in [0.2, 0.25) is 0 Å². The highest BCUT2D eigenvalue weighted by Gasteiger charge is 2.16. The summed E-state index contributed by atoms with van der Waals surface area (Å²) in [6, 6.07) is 53.7. The Hall–Kier alpha value is -5.60. The molecule has 2 nitrogen and oxygen atoms in total. The Morgan fingerprint density at radius 3 is 1.71 bits per heavy atom. The molecular formula is C40H26N2. The average Bonchev–Trinajstić information content (AvgIpc) is 3.08. The van der Waals surface area contributed by atoms with Gasteiger partial charge in [-0.2, -0.15) is 0 Å². The molecule has 0 amide bonds. The number of para-hydroxylation sites is 1. The van der Waals surface area contributed by atoms with E-state index < -0.39 is 0 Å². The van der Waals surface area contributed by atoms with Crippen molar-refractivity contribution in [3.05, 3.63) is 158 Å². The molecule has 0 fully saturated rings. The van der Waals surface area contributed by atoms with Gasteiger partial charge in [-0.25, -0.2) is 4.98 Å². The zero-order valence-corrected chi connectivity index (χ0v) is 22.9. The Labute approximate surface area is 244 Å². The highest BCUT2D eigenvalue weighted by atomic mass is 14.7. The zero-order chi connectivity index (χ0) is 27.9. The molecular weight excluding hydrogens is 508 g/mol. The van der Waals surface area contributed by atoms with E-state index in [4.69, 9.17) is 4.98 Å². The van der Waals surface area contributed by atoms with Crippen molar-refractivity contribution < 1.29 is 0 Å². The van der Waals surface area contributed by atoms with Gasteiger partial charge < -0.3 is 0 Å². The minimum Gasteiger partial charge on any atom is -0.256 e. The molecule has 0 aliphatic rings. The van der Waals surface area contributed by atoms with Gasteiger partial charge in [0.05, 0.1) is 16.7 Å². The molecule has 0 saturated carbocycles. The van der Waals surface area contributed by atoms with Gasteiger partial charge in [0.15, 0.2) is 0 Å². The molecule has 0 unspecified atom stereocenters. The maximum absolute atomic E-state index is 5.27. The predicted octanol–water partition coefficient (Wildman–Crippen LogP) is 10.6. The minimum absolute atomic E-state index is 0.980. The van der Waals surface area contributed by atoms with Crippen molar-refractivity contribution in [2.45, 2.75) is 0 Å². The summed E-state index contributed by atoms with van der Waals surface area (Å²) in [5.41, 5.74) is 11.2. The topological polar surface area (TPSA) is 25.8 Å². The number of rotatable bonds is 4. The number of hydrogen-bond donors (Lipinski definition) is 0. The van der Waals surface area contributed by atoms with Gasteiger partial charge in [0.1, 0.15) is 0 Å². The first-order valence-electron chi connectivity index (χ1n) is 14.3. The summed E-state index contributed by atoms with van der Waals surface area (Å²) in [6.07, 6.45) is 1.86. The van der Waals surface area contributed by atoms with Gasteiger partial charge in [-0.1, -0.05) is 133 Å². The quantitative estimate of drug-likeness (QED) is 0.210. The van der Waals surface area contributed by atoms with Crippen LogP contribution in [-0.4, -0.2) is 9.97 Å². The maximum atomic E-state index is 5.27. The van der Waals surface area contributed by atoms with E-state index in [0.717, 1.165) is 49.6 Å². The van der Waals surface area contributed by atoms with Gasteiger partial charge in [-0.05, 0) is 51.4 Å². The maximum Gasteiger partial charge on any atom is 0.0794 e. The molecule has 2 heterocycles. The first kappa shape index (κ1) is 24.2. The molecule has 0 atom stereocenters. The fourth-order valence-corrected chi connectivity index (χ4v) is 6.07. The summed E-state index contributed by atoms with van der Waals surface area (Å²) in [6.45, 7) is 0. The van der Waals surface area contributed by atoms with Gasteiger partial charge >= 0.3 is 0 Å². The fourth-order valence-electron chi connectivity index (χ4n) is 6.07. The molecule has 0 bridgehead atoms. The number of pyridine rings is 2. The molecule has 6 aromatic carbocycles. The van der Waals surface area contributed by atoms with Crippen molar-refractivity contribution in [1.29, 1.82) is 0 Å². The van der Waals surface area contributed by atoms with E-state index >= 15 is 0 Å². The van der Waals surface area contributed by atoms with Crippen LogP contribution in [0.15, 0.2) is 158 Å². The highest BCUT2D eigenvalue weighted by Crippen LogP contribution is 2.40. The molecule has 0 aliphatic carbocycles. The Kier molecular flexibility index (Phi) is 5.82. The Morgan fingerprint density at radius 1 is 0.357 bits per heavy atom. The second-order valence-electron chi connectivity index (χ2n) is 10.6. The number of fused-ring (bicyclic) bond motifs is 4. The van der Waals surface area contributed by atoms with E-state index in [0.29, 0.717) is 0 Å². The molecule has 0 spiro atoms. The summed E-state index contributed by atoms with van der Waals surface area (Å²) in [4.78, 5) is 9.94. The lowest BCUT2D eigenvalue weighted by molar-refractivity contribution is 1.41. The van der Waals surface area contributed by atoms with Crippen LogP contribution in [0, 0.1) is 0 Å². The first-order valence-corrected chi connectivity index (χ1v) is 14.3. The number of benzene rings is 6. The SMILES string of the molecule is c1ccc(-c2cc(-c3ccccc3)c3cc(-c4ccc(-c5cccc6cccnc56)cc4)c4ccccc4c3n2)cc1. The van der Waals surface area contributed by atoms with Gasteiger partial charge in [0.2, 0.25) is 0 Å². The van der Waals surface area contributed by atoms with Crippen molar-refractivity contribution in [2.24, 2.45) is 0 Å². The van der Waals surface area contributed by atoms with Crippen LogP contribution >= 0.6 is 0 Å². The van der Waals surface area contributed by atoms with Crippen molar-refractivity contribution >= 4 is 32.6 Å². The molecule has 8 aromatic rings. The summed E-state index contributed by atoms with van der Waals surface area (Å²) >= 11 is 0. The summed E-state index contributed by atoms with van der Waals surface area (Å²) in [5.74, 6) is 0. The Morgan fingerprint density at radius 2 is 0.952 bits per heavy atom. The second-order valence-corrected chi connectivity index (χ2v) is 10.6. The predicted molar refractivity (Wildman–Crippen MR) is 176 cm³/mol. The molecule has 0 saturated heterocycles. The smallest absolute Gasteiger partial charge is 0.0794 e. The zero-order valence-electron chi connectivity index (χ0n) is 22.9. The molecule has 42 heavy (non-hydrogen) atoms. The molecule has 0 N–H and O–H groups in total. The Balaban J connectivity index is 1.36. The Bertz CT molecular complexity index is 2210. The molecule has 8 rings (SSSR count). The molecule has 2 heteroatoms. The van der Waals surface area contributed by atoms with Crippen molar-refractivity contribution in [3.63, 3.8) is 0 Å². The van der Waals surface area contributed by atoms with Crippen LogP contribution in [0.1, 0.15) is 0 Å². The van der Waals surface area contributed by atoms with E-state index in [2.05, 4.69) is 145 Å². The van der Waals surface area contributed by atoms with Gasteiger partial charge in [0, 0.05) is 33.5 Å². The molecule has 0 radical (unpaired) electrons. The van der Waals surface area contributed by atoms with E-state index in [9.17, 15) is 0 Å². The summed E-state index contributed by atoms with van der Waals surface area (Å²) in [7, 11) is 0. The highest BCUT2D eigenvalue weighted by molar-refractivity contribution is 6.16. The van der Waals surface area contributed by atoms with Crippen LogP contribution in [0.3, 0.4) is 0 Å². The van der Waals surface area contributed by atoms with Crippen LogP contribution in [0.25, 0.3) is 77.2 Å². The third-order valence-corrected chi connectivity index (χ3v) is 8.11. The fraction of sp³-hybridized carbons (Fsp3) is 0. The van der Waals surface area contributed by atoms with Gasteiger partial charge in [-0.3, -0.25) is 4.98 Å². The molecule has 2 aromatic heterocycles. The van der Waals surface area contributed by atoms with E-state index in [-0.39, 0.29) is 0 Å². The van der Waals surface area contributed by atoms with Gasteiger partial charge in [-0.15, -0.1) is 0 Å². The van der Waals surface area contributed by atoms with Crippen LogP contribution in [0.4, 0.5) is 0 Å². The van der Waals surface area contributed by atoms with E-state index in [1.165, 1.54) is 27.6 Å². The van der Waals surface area contributed by atoms with E-state index in [1.807, 2.05) is 18.3 Å². The first-order chi connectivity index (χ1) is 20.8. The van der Waals surface area contributed by atoms with Crippen molar-refractivity contribution in [3.8, 4) is 44.6 Å². The lowest BCUT2D eigenvalue weighted by atomic mass is 9.90. The average molecular weight is 535 g/mol. The lowest BCUT2D eigenvalue weighted by Crippen LogP contribution is -1.93. The number of nitrogens with zero attached hydrogens (tertiary/aromatic N) is 2. The third kappa shape index (κ3) is 4.13. The minimum atomic E-state index is 0.980. The standard InChI is InChI=1S/C40H26N2/c1-3-11-27(12-4-1)36-26-38(30-13-5-2-6-14-30)42-40-34-18-8-7-17-33(34)35(25-37(36)40)29-22-20-28(21-23-29)32-19-9-15-31-16-10-24-41-39(31)32/h1-26H. The van der Waals surface area contributed by atoms with Crippen LogP contribution in [-0.2, 0) is 0 Å². The van der Waals surface area contributed by atoms with Crippen LogP contribution in [0.5, 0.6) is 0 Å². The largest absolute Gasteiger partial charge is 0.256 e. The molecule has 0 aliphatic heterocycles. The third-order valence-electron chi connectivity index (χ3n) is 8.11. The normalized spacial score (nSPS) is 11.3. The van der Waals surface area contributed by atoms with Crippen LogP contribution < -0.4 is 0 Å². The van der Waals surface area contributed by atoms with E-state index in [1.54, 1.807) is 0 Å². The summed E-state index contributed by atoms with van der Waals surface area (Å²) in [5, 5.41) is 4.65. The lowest BCUT2D eigenvalue weighted by Gasteiger charge is -2.16. The van der Waals surface area contributed by atoms with Crippen molar-refractivity contribution in [1.82, 2.24) is 9.97 Å². The number of aromatic nitrogens is 2. The van der Waals surface area contributed by atoms with Crippen molar-refractivity contribution in [2.75, 3.05) is 0 Å².